The first-order valence-corrected chi connectivity index (χ1v) is 12.7. The van der Waals surface area contributed by atoms with Crippen molar-refractivity contribution in [1.82, 2.24) is 39.6 Å². The Kier molecular flexibility index (Phi) is 4.94. The lowest BCUT2D eigenvalue weighted by molar-refractivity contribution is 0.194. The maximum atomic E-state index is 15.2. The highest BCUT2D eigenvalue weighted by Gasteiger charge is 2.44. The number of nitrogens with zero attached hydrogens (tertiary/aromatic N) is 8. The van der Waals surface area contributed by atoms with Crippen molar-refractivity contribution < 1.29 is 9.13 Å². The third-order valence-electron chi connectivity index (χ3n) is 7.92. The number of ether oxygens (including phenoxy) is 1. The second-order valence-electron chi connectivity index (χ2n) is 10.8. The second-order valence-corrected chi connectivity index (χ2v) is 10.8. The van der Waals surface area contributed by atoms with Crippen LogP contribution in [0.15, 0.2) is 30.9 Å². The first-order valence-electron chi connectivity index (χ1n) is 12.7. The Morgan fingerprint density at radius 2 is 1.92 bits per heavy atom. The van der Waals surface area contributed by atoms with E-state index in [1.54, 1.807) is 25.5 Å². The van der Waals surface area contributed by atoms with Gasteiger partial charge in [-0.25, -0.2) is 24.3 Å². The Hall–Kier alpha value is -3.73. The summed E-state index contributed by atoms with van der Waals surface area (Å²) in [4.78, 5) is 24.6. The van der Waals surface area contributed by atoms with E-state index in [-0.39, 0.29) is 11.3 Å². The van der Waals surface area contributed by atoms with Gasteiger partial charge in [-0.3, -0.25) is 4.68 Å². The normalized spacial score (nSPS) is 24.1. The predicted octanol–water partition coefficient (Wildman–Crippen LogP) is 4.07. The van der Waals surface area contributed by atoms with Crippen LogP contribution in [0.2, 0.25) is 0 Å². The summed E-state index contributed by atoms with van der Waals surface area (Å²) in [5.41, 5.74) is 1.85. The highest BCUT2D eigenvalue weighted by molar-refractivity contribution is 5.83. The number of aromatic nitrogens is 7. The number of hydrogen-bond donors (Lipinski definition) is 1. The van der Waals surface area contributed by atoms with Gasteiger partial charge in [0.2, 0.25) is 11.8 Å². The molecule has 4 aromatic rings. The number of likely N-dealkylation sites (tertiary alicyclic amines) is 1. The summed E-state index contributed by atoms with van der Waals surface area (Å²) < 4.78 is 23.5. The van der Waals surface area contributed by atoms with E-state index < -0.39 is 5.82 Å². The predicted molar refractivity (Wildman–Crippen MR) is 135 cm³/mol. The van der Waals surface area contributed by atoms with Gasteiger partial charge in [-0.1, -0.05) is 0 Å². The zero-order valence-corrected chi connectivity index (χ0v) is 21.0. The van der Waals surface area contributed by atoms with E-state index in [4.69, 9.17) is 4.74 Å². The van der Waals surface area contributed by atoms with Crippen LogP contribution in [-0.4, -0.2) is 64.8 Å². The van der Waals surface area contributed by atoms with Crippen molar-refractivity contribution in [2.75, 3.05) is 18.9 Å². The fourth-order valence-electron chi connectivity index (χ4n) is 5.55. The van der Waals surface area contributed by atoms with Gasteiger partial charge in [-0.15, -0.1) is 0 Å². The van der Waals surface area contributed by atoms with Crippen LogP contribution < -0.4 is 10.1 Å². The average molecular weight is 502 g/mol. The van der Waals surface area contributed by atoms with E-state index in [2.05, 4.69) is 52.0 Å². The molecule has 0 radical (unpaired) electrons. The maximum absolute atomic E-state index is 15.2. The minimum Gasteiger partial charge on any atom is -0.470 e. The van der Waals surface area contributed by atoms with Crippen molar-refractivity contribution in [2.45, 2.75) is 57.2 Å². The van der Waals surface area contributed by atoms with Gasteiger partial charge >= 0.3 is 0 Å². The standard InChI is InChI=1S/C26H28FN9O/c1-14-28-9-16(10-29-14)22-19(27)8-20-23(33-22)24(37-26(2)4-5-26)34-25(32-20)31-17-11-30-36(13-17)21-7-18-6-15(21)12-35(18)3/h8-11,13,15,18,21H,4-7,12H2,1-3H3,(H,31,32,34)/t15-,18-,21-/m1/s1. The van der Waals surface area contributed by atoms with Crippen LogP contribution in [-0.2, 0) is 0 Å². The molecule has 5 heterocycles. The quantitative estimate of drug-likeness (QED) is 0.418. The topological polar surface area (TPSA) is 107 Å². The molecular weight excluding hydrogens is 473 g/mol. The van der Waals surface area contributed by atoms with Gasteiger partial charge in [0, 0.05) is 42.8 Å². The Morgan fingerprint density at radius 3 is 2.62 bits per heavy atom. The molecule has 10 nitrogen and oxygen atoms in total. The highest BCUT2D eigenvalue weighted by Crippen LogP contribution is 2.44. The van der Waals surface area contributed by atoms with Crippen molar-refractivity contribution >= 4 is 22.7 Å². The Morgan fingerprint density at radius 1 is 1.11 bits per heavy atom. The van der Waals surface area contributed by atoms with Gasteiger partial charge < -0.3 is 15.0 Å². The summed E-state index contributed by atoms with van der Waals surface area (Å²) >= 11 is 0. The molecule has 4 aromatic heterocycles. The first kappa shape index (κ1) is 22.5. The van der Waals surface area contributed by atoms with Gasteiger partial charge in [0.1, 0.15) is 22.6 Å². The highest BCUT2D eigenvalue weighted by atomic mass is 19.1. The molecule has 2 saturated carbocycles. The number of anilines is 2. The lowest BCUT2D eigenvalue weighted by Crippen LogP contribution is -2.33. The van der Waals surface area contributed by atoms with Crippen LogP contribution in [0, 0.1) is 18.7 Å². The molecule has 11 heteroatoms. The lowest BCUT2D eigenvalue weighted by atomic mass is 10.0. The molecule has 37 heavy (non-hydrogen) atoms. The van der Waals surface area contributed by atoms with E-state index in [0.717, 1.165) is 31.5 Å². The van der Waals surface area contributed by atoms with E-state index in [1.165, 1.54) is 12.5 Å². The lowest BCUT2D eigenvalue weighted by Gasteiger charge is -2.28. The van der Waals surface area contributed by atoms with Gasteiger partial charge in [-0.05, 0) is 52.5 Å². The van der Waals surface area contributed by atoms with Crippen molar-refractivity contribution in [3.63, 3.8) is 0 Å². The van der Waals surface area contributed by atoms with Gasteiger partial charge in [0.05, 0.1) is 17.9 Å². The summed E-state index contributed by atoms with van der Waals surface area (Å²) in [6.07, 6.45) is 11.1. The number of fused-ring (bicyclic) bond motifs is 3. The van der Waals surface area contributed by atoms with E-state index in [1.807, 2.05) is 13.1 Å². The third kappa shape index (κ3) is 4.07. The molecule has 7 rings (SSSR count). The Bertz CT molecular complexity index is 1500. The molecule has 1 N–H and O–H groups in total. The molecule has 2 aliphatic carbocycles. The smallest absolute Gasteiger partial charge is 0.246 e. The van der Waals surface area contributed by atoms with Crippen LogP contribution in [0.4, 0.5) is 16.0 Å². The summed E-state index contributed by atoms with van der Waals surface area (Å²) in [7, 11) is 2.20. The largest absolute Gasteiger partial charge is 0.470 e. The SMILES string of the molecule is Cc1ncc(-c2nc3c(OC4(C)CC4)nc(Nc4cnn([C@@H]5C[C@H]6C[C@@H]5CN6C)c4)nc3cc2F)cn1. The number of halogens is 1. The van der Waals surface area contributed by atoms with Gasteiger partial charge in [0.25, 0.3) is 0 Å². The number of rotatable bonds is 6. The van der Waals surface area contributed by atoms with Crippen LogP contribution >= 0.6 is 0 Å². The van der Waals surface area contributed by atoms with Crippen LogP contribution in [0.25, 0.3) is 22.3 Å². The molecule has 190 valence electrons. The molecule has 0 spiro atoms. The molecule has 2 bridgehead atoms. The fraction of sp³-hybridized carbons (Fsp3) is 0.462. The number of aryl methyl sites for hydroxylation is 1. The molecular formula is C26H28FN9O. The molecule has 0 unspecified atom stereocenters. The molecule has 3 fully saturated rings. The minimum atomic E-state index is -0.512. The zero-order chi connectivity index (χ0) is 25.3. The molecule has 0 amide bonds. The summed E-state index contributed by atoms with van der Waals surface area (Å²) in [5, 5.41) is 7.87. The summed E-state index contributed by atoms with van der Waals surface area (Å²) in [6.45, 7) is 4.92. The average Bonchev–Trinajstić information content (AvgIpc) is 3.20. The minimum absolute atomic E-state index is 0.139. The number of hydrogen-bond acceptors (Lipinski definition) is 9. The summed E-state index contributed by atoms with van der Waals surface area (Å²) in [5.74, 6) is 1.35. The van der Waals surface area contributed by atoms with E-state index in [0.29, 0.717) is 52.3 Å². The van der Waals surface area contributed by atoms with Gasteiger partial charge in [0.15, 0.2) is 11.3 Å². The van der Waals surface area contributed by atoms with Crippen LogP contribution in [0.3, 0.4) is 0 Å². The van der Waals surface area contributed by atoms with Crippen LogP contribution in [0.5, 0.6) is 5.88 Å². The van der Waals surface area contributed by atoms with E-state index >= 15 is 4.39 Å². The maximum Gasteiger partial charge on any atom is 0.246 e. The van der Waals surface area contributed by atoms with Crippen molar-refractivity contribution in [1.29, 1.82) is 0 Å². The number of nitrogens with one attached hydrogen (secondary N) is 1. The van der Waals surface area contributed by atoms with Gasteiger partial charge in [-0.2, -0.15) is 10.1 Å². The monoisotopic (exact) mass is 501 g/mol. The first-order chi connectivity index (χ1) is 17.8. The molecule has 1 aliphatic heterocycles. The Labute approximate surface area is 213 Å². The fourth-order valence-corrected chi connectivity index (χ4v) is 5.55. The number of piperidine rings is 1. The molecule has 1 saturated heterocycles. The van der Waals surface area contributed by atoms with Crippen LogP contribution in [0.1, 0.15) is 44.5 Å². The van der Waals surface area contributed by atoms with Crippen molar-refractivity contribution in [3.05, 3.63) is 42.5 Å². The third-order valence-corrected chi connectivity index (χ3v) is 7.92. The Balaban J connectivity index is 1.22. The molecule has 3 aliphatic rings. The van der Waals surface area contributed by atoms with E-state index in [9.17, 15) is 0 Å². The molecule has 0 aromatic carbocycles. The molecule has 3 atom stereocenters. The van der Waals surface area contributed by atoms with Crippen molar-refractivity contribution in [2.24, 2.45) is 5.92 Å². The number of pyridine rings is 1. The second kappa shape index (κ2) is 8.14. The zero-order valence-electron chi connectivity index (χ0n) is 21.0. The summed E-state index contributed by atoms with van der Waals surface area (Å²) in [6, 6.07) is 2.41. The van der Waals surface area contributed by atoms with Crippen molar-refractivity contribution in [3.8, 4) is 17.1 Å².